The molecule has 6 heteroatoms. The van der Waals surface area contributed by atoms with Crippen molar-refractivity contribution in [2.45, 2.75) is 51.6 Å². The van der Waals surface area contributed by atoms with Crippen LogP contribution in [0.1, 0.15) is 39.4 Å². The SMILES string of the molecule is CC(C)(C)OC(=O)NCCCCn1c(CCl)nc2ccccc21. The number of carbonyl (C=O) groups is 1. The smallest absolute Gasteiger partial charge is 0.407 e. The van der Waals surface area contributed by atoms with Gasteiger partial charge in [0.25, 0.3) is 0 Å². The third kappa shape index (κ3) is 5.13. The number of imidazole rings is 1. The number of carbonyl (C=O) groups excluding carboxylic acids is 1. The van der Waals surface area contributed by atoms with Crippen molar-refractivity contribution in [3.05, 3.63) is 30.1 Å². The normalized spacial score (nSPS) is 11.7. The molecule has 0 bridgehead atoms. The third-order valence-electron chi connectivity index (χ3n) is 3.33. The zero-order chi connectivity index (χ0) is 16.9. The maximum Gasteiger partial charge on any atom is 0.407 e. The van der Waals surface area contributed by atoms with E-state index in [-0.39, 0.29) is 6.09 Å². The number of halogens is 1. The van der Waals surface area contributed by atoms with Gasteiger partial charge < -0.3 is 14.6 Å². The summed E-state index contributed by atoms with van der Waals surface area (Å²) in [5.41, 5.74) is 1.60. The van der Waals surface area contributed by atoms with Gasteiger partial charge in [-0.25, -0.2) is 9.78 Å². The van der Waals surface area contributed by atoms with Crippen LogP contribution in [0.15, 0.2) is 24.3 Å². The zero-order valence-corrected chi connectivity index (χ0v) is 14.7. The minimum atomic E-state index is -0.463. The van der Waals surface area contributed by atoms with Crippen molar-refractivity contribution >= 4 is 28.7 Å². The lowest BCUT2D eigenvalue weighted by atomic mass is 10.2. The number of nitrogens with zero attached hydrogens (tertiary/aromatic N) is 2. The van der Waals surface area contributed by atoms with Crippen LogP contribution in [0.3, 0.4) is 0 Å². The largest absolute Gasteiger partial charge is 0.444 e. The van der Waals surface area contributed by atoms with E-state index in [1.807, 2.05) is 39.0 Å². The van der Waals surface area contributed by atoms with Gasteiger partial charge in [0.1, 0.15) is 11.4 Å². The summed E-state index contributed by atoms with van der Waals surface area (Å²) in [5.74, 6) is 1.28. The van der Waals surface area contributed by atoms with E-state index >= 15 is 0 Å². The first-order valence-electron chi connectivity index (χ1n) is 7.87. The molecule has 1 N–H and O–H groups in total. The molecule has 0 spiro atoms. The molecule has 1 aromatic heterocycles. The fourth-order valence-corrected chi connectivity index (χ4v) is 2.58. The highest BCUT2D eigenvalue weighted by atomic mass is 35.5. The Morgan fingerprint density at radius 3 is 2.74 bits per heavy atom. The molecule has 5 nitrogen and oxygen atoms in total. The Bertz CT molecular complexity index is 661. The van der Waals surface area contributed by atoms with Crippen molar-refractivity contribution in [2.24, 2.45) is 0 Å². The summed E-state index contributed by atoms with van der Waals surface area (Å²) < 4.78 is 7.35. The quantitative estimate of drug-likeness (QED) is 0.638. The third-order valence-corrected chi connectivity index (χ3v) is 3.57. The van der Waals surface area contributed by atoms with E-state index in [2.05, 4.69) is 20.9 Å². The van der Waals surface area contributed by atoms with Crippen LogP contribution in [0.2, 0.25) is 0 Å². The van der Waals surface area contributed by atoms with Crippen molar-refractivity contribution in [3.63, 3.8) is 0 Å². The Morgan fingerprint density at radius 1 is 1.30 bits per heavy atom. The summed E-state index contributed by atoms with van der Waals surface area (Å²) in [4.78, 5) is 16.1. The summed E-state index contributed by atoms with van der Waals surface area (Å²) in [6, 6.07) is 8.02. The number of alkyl carbamates (subject to hydrolysis) is 1. The first-order chi connectivity index (χ1) is 10.9. The fraction of sp³-hybridized carbons (Fsp3) is 0.529. The van der Waals surface area contributed by atoms with Gasteiger partial charge in [-0.3, -0.25) is 0 Å². The molecule has 2 aromatic rings. The molecular formula is C17H24ClN3O2. The van der Waals surface area contributed by atoms with Crippen LogP contribution in [-0.2, 0) is 17.2 Å². The maximum atomic E-state index is 11.6. The standard InChI is InChI=1S/C17H24ClN3O2/c1-17(2,3)23-16(22)19-10-6-7-11-21-14-9-5-4-8-13(14)20-15(21)12-18/h4-5,8-9H,6-7,10-12H2,1-3H3,(H,19,22). The highest BCUT2D eigenvalue weighted by molar-refractivity contribution is 6.16. The fourth-order valence-electron chi connectivity index (χ4n) is 2.38. The lowest BCUT2D eigenvalue weighted by Crippen LogP contribution is -2.33. The van der Waals surface area contributed by atoms with Gasteiger partial charge >= 0.3 is 6.09 Å². The van der Waals surface area contributed by atoms with Crippen LogP contribution in [0.25, 0.3) is 11.0 Å². The van der Waals surface area contributed by atoms with Gasteiger partial charge in [0.15, 0.2) is 0 Å². The maximum absolute atomic E-state index is 11.6. The number of benzene rings is 1. The van der Waals surface area contributed by atoms with Crippen LogP contribution in [0, 0.1) is 0 Å². The van der Waals surface area contributed by atoms with E-state index in [4.69, 9.17) is 16.3 Å². The second-order valence-corrected chi connectivity index (χ2v) is 6.71. The summed E-state index contributed by atoms with van der Waals surface area (Å²) in [7, 11) is 0. The van der Waals surface area contributed by atoms with Crippen LogP contribution in [0.5, 0.6) is 0 Å². The molecule has 2 rings (SSSR count). The molecule has 0 saturated heterocycles. The molecule has 0 fully saturated rings. The number of unbranched alkanes of at least 4 members (excludes halogenated alkanes) is 1. The Morgan fingerprint density at radius 2 is 2.04 bits per heavy atom. The monoisotopic (exact) mass is 337 g/mol. The molecule has 126 valence electrons. The van der Waals surface area contributed by atoms with Gasteiger partial charge in [0.2, 0.25) is 0 Å². The number of aryl methyl sites for hydroxylation is 1. The molecule has 0 radical (unpaired) electrons. The van der Waals surface area contributed by atoms with Crippen molar-refractivity contribution in [1.82, 2.24) is 14.9 Å². The molecule has 1 amide bonds. The predicted molar refractivity (Wildman–Crippen MR) is 92.8 cm³/mol. The number of para-hydroxylation sites is 2. The molecule has 1 aromatic carbocycles. The van der Waals surface area contributed by atoms with Gasteiger partial charge in [-0.15, -0.1) is 11.6 Å². The van der Waals surface area contributed by atoms with Crippen LogP contribution < -0.4 is 5.32 Å². The molecule has 0 unspecified atom stereocenters. The first-order valence-corrected chi connectivity index (χ1v) is 8.41. The van der Waals surface area contributed by atoms with Gasteiger partial charge in [-0.1, -0.05) is 12.1 Å². The number of hydrogen-bond donors (Lipinski definition) is 1. The summed E-state index contributed by atoms with van der Waals surface area (Å²) in [5, 5.41) is 2.77. The Labute approximate surface area is 142 Å². The molecule has 0 atom stereocenters. The topological polar surface area (TPSA) is 56.1 Å². The van der Waals surface area contributed by atoms with Crippen molar-refractivity contribution < 1.29 is 9.53 Å². The molecule has 0 aliphatic rings. The Balaban J connectivity index is 1.82. The van der Waals surface area contributed by atoms with Gasteiger partial charge in [0.05, 0.1) is 16.9 Å². The van der Waals surface area contributed by atoms with Gasteiger partial charge in [-0.2, -0.15) is 0 Å². The number of hydrogen-bond acceptors (Lipinski definition) is 3. The van der Waals surface area contributed by atoms with E-state index in [1.54, 1.807) is 0 Å². The lowest BCUT2D eigenvalue weighted by molar-refractivity contribution is 0.0527. The Kier molecular flexibility index (Phi) is 5.88. The van der Waals surface area contributed by atoms with Gasteiger partial charge in [-0.05, 0) is 45.7 Å². The summed E-state index contributed by atoms with van der Waals surface area (Å²) in [6.45, 7) is 6.98. The van der Waals surface area contributed by atoms with Crippen molar-refractivity contribution in [3.8, 4) is 0 Å². The zero-order valence-electron chi connectivity index (χ0n) is 13.9. The minimum Gasteiger partial charge on any atom is -0.444 e. The highest BCUT2D eigenvalue weighted by Crippen LogP contribution is 2.18. The highest BCUT2D eigenvalue weighted by Gasteiger charge is 2.15. The number of ether oxygens (including phenoxy) is 1. The van der Waals surface area contributed by atoms with Gasteiger partial charge in [0, 0.05) is 13.1 Å². The molecule has 0 saturated carbocycles. The first kappa shape index (κ1) is 17.6. The number of fused-ring (bicyclic) bond motifs is 1. The number of nitrogens with one attached hydrogen (secondary N) is 1. The lowest BCUT2D eigenvalue weighted by Gasteiger charge is -2.19. The summed E-state index contributed by atoms with van der Waals surface area (Å²) >= 11 is 5.99. The Hall–Kier alpha value is -1.75. The average Bonchev–Trinajstić information content (AvgIpc) is 2.83. The second-order valence-electron chi connectivity index (χ2n) is 6.44. The predicted octanol–water partition coefficient (Wildman–Crippen LogP) is 4.08. The average molecular weight is 338 g/mol. The van der Waals surface area contributed by atoms with E-state index < -0.39 is 5.60 Å². The van der Waals surface area contributed by atoms with Crippen LogP contribution in [0.4, 0.5) is 4.79 Å². The molecular weight excluding hydrogens is 314 g/mol. The van der Waals surface area contributed by atoms with E-state index in [0.717, 1.165) is 36.2 Å². The number of aromatic nitrogens is 2. The minimum absolute atomic E-state index is 0.368. The van der Waals surface area contributed by atoms with Crippen molar-refractivity contribution in [1.29, 1.82) is 0 Å². The van der Waals surface area contributed by atoms with E-state index in [9.17, 15) is 4.79 Å². The van der Waals surface area contributed by atoms with E-state index in [1.165, 1.54) is 0 Å². The van der Waals surface area contributed by atoms with Crippen molar-refractivity contribution in [2.75, 3.05) is 6.54 Å². The second kappa shape index (κ2) is 7.68. The number of alkyl halides is 1. The molecule has 1 heterocycles. The van der Waals surface area contributed by atoms with Crippen LogP contribution >= 0.6 is 11.6 Å². The molecule has 0 aliphatic carbocycles. The summed E-state index contributed by atoms with van der Waals surface area (Å²) in [6.07, 6.45) is 1.43. The molecule has 0 aliphatic heterocycles. The van der Waals surface area contributed by atoms with Crippen LogP contribution in [-0.4, -0.2) is 27.8 Å². The van der Waals surface area contributed by atoms with E-state index in [0.29, 0.717) is 12.4 Å². The number of rotatable bonds is 6. The molecule has 23 heavy (non-hydrogen) atoms. The number of amides is 1.